The van der Waals surface area contributed by atoms with Crippen LogP contribution >= 0.6 is 0 Å². The molecule has 4 heterocycles. The Labute approximate surface area is 297 Å². The molecular formula is C46H28N4O2. The van der Waals surface area contributed by atoms with Gasteiger partial charge in [0.15, 0.2) is 5.84 Å². The summed E-state index contributed by atoms with van der Waals surface area (Å²) < 4.78 is 12.7. The second kappa shape index (κ2) is 11.2. The van der Waals surface area contributed by atoms with Crippen LogP contribution in [0.5, 0.6) is 0 Å². The monoisotopic (exact) mass is 668 g/mol. The minimum atomic E-state index is -0.403. The second-order valence-corrected chi connectivity index (χ2v) is 13.2. The van der Waals surface area contributed by atoms with Crippen molar-refractivity contribution in [2.24, 2.45) is 9.98 Å². The van der Waals surface area contributed by atoms with E-state index in [1.54, 1.807) is 0 Å². The summed E-state index contributed by atoms with van der Waals surface area (Å²) in [7, 11) is 0. The highest BCUT2D eigenvalue weighted by Gasteiger charge is 2.25. The Morgan fingerprint density at radius 1 is 0.500 bits per heavy atom. The summed E-state index contributed by atoms with van der Waals surface area (Å²) >= 11 is 0. The first kappa shape index (κ1) is 28.8. The molecule has 1 aliphatic rings. The molecule has 1 atom stereocenters. The van der Waals surface area contributed by atoms with Crippen LogP contribution < -0.4 is 5.32 Å². The molecule has 0 fully saturated rings. The van der Waals surface area contributed by atoms with Crippen LogP contribution in [-0.4, -0.2) is 16.7 Å². The van der Waals surface area contributed by atoms with E-state index < -0.39 is 6.17 Å². The van der Waals surface area contributed by atoms with E-state index in [1.807, 2.05) is 72.9 Å². The summed E-state index contributed by atoms with van der Waals surface area (Å²) in [5.41, 5.74) is 9.49. The fraction of sp³-hybridized carbons (Fsp3) is 0.0217. The number of nitrogens with one attached hydrogen (secondary N) is 1. The van der Waals surface area contributed by atoms with Gasteiger partial charge in [-0.2, -0.15) is 0 Å². The summed E-state index contributed by atoms with van der Waals surface area (Å²) in [6.07, 6.45) is 1.41. The second-order valence-electron chi connectivity index (χ2n) is 13.2. The number of nitrogens with zero attached hydrogens (tertiary/aromatic N) is 3. The van der Waals surface area contributed by atoms with Gasteiger partial charge in [-0.15, -0.1) is 0 Å². The molecule has 0 bridgehead atoms. The van der Waals surface area contributed by atoms with Crippen molar-refractivity contribution in [3.8, 4) is 11.1 Å². The Bertz CT molecular complexity index is 3120. The molecule has 6 heteroatoms. The van der Waals surface area contributed by atoms with Gasteiger partial charge < -0.3 is 14.2 Å². The van der Waals surface area contributed by atoms with E-state index in [2.05, 4.69) is 95.2 Å². The Kier molecular flexibility index (Phi) is 6.21. The van der Waals surface area contributed by atoms with Gasteiger partial charge in [-0.1, -0.05) is 115 Å². The first-order valence-electron chi connectivity index (χ1n) is 17.4. The van der Waals surface area contributed by atoms with Crippen LogP contribution in [0.3, 0.4) is 0 Å². The summed E-state index contributed by atoms with van der Waals surface area (Å²) in [5, 5.41) is 11.3. The minimum Gasteiger partial charge on any atom is -0.456 e. The zero-order valence-corrected chi connectivity index (χ0v) is 27.7. The SMILES string of the molecule is c1ccc(C2=NC(c3cccc4oc5ccccc5c34)=NC(c3cccc4c(-c5cccc6oc7cc8ncccc8cc7c56)cccc34)N2)cc1. The van der Waals surface area contributed by atoms with Crippen LogP contribution in [0.25, 0.3) is 76.7 Å². The normalized spacial score (nSPS) is 14.7. The van der Waals surface area contributed by atoms with E-state index in [0.717, 1.165) is 99.2 Å². The first-order valence-corrected chi connectivity index (χ1v) is 17.4. The van der Waals surface area contributed by atoms with Gasteiger partial charge in [0.05, 0.1) is 5.52 Å². The van der Waals surface area contributed by atoms with Crippen molar-refractivity contribution >= 4 is 77.2 Å². The van der Waals surface area contributed by atoms with Crippen LogP contribution in [0.1, 0.15) is 22.9 Å². The predicted molar refractivity (Wildman–Crippen MR) is 211 cm³/mol. The highest BCUT2D eigenvalue weighted by Crippen LogP contribution is 2.42. The molecular weight excluding hydrogens is 641 g/mol. The van der Waals surface area contributed by atoms with Gasteiger partial charge in [-0.3, -0.25) is 4.98 Å². The molecule has 10 aromatic rings. The minimum absolute atomic E-state index is 0.403. The van der Waals surface area contributed by atoms with Gasteiger partial charge in [-0.25, -0.2) is 9.98 Å². The molecule has 0 amide bonds. The van der Waals surface area contributed by atoms with Crippen LogP contribution in [0.4, 0.5) is 0 Å². The summed E-state index contributed by atoms with van der Waals surface area (Å²) in [4.78, 5) is 15.1. The quantitative estimate of drug-likeness (QED) is 0.202. The Balaban J connectivity index is 1.11. The molecule has 0 saturated heterocycles. The molecule has 0 aliphatic carbocycles. The molecule has 1 aliphatic heterocycles. The number of para-hydroxylation sites is 1. The fourth-order valence-electron chi connectivity index (χ4n) is 7.86. The highest BCUT2D eigenvalue weighted by atomic mass is 16.3. The van der Waals surface area contributed by atoms with Crippen molar-refractivity contribution in [1.29, 1.82) is 0 Å². The molecule has 1 unspecified atom stereocenters. The van der Waals surface area contributed by atoms with Crippen molar-refractivity contribution in [1.82, 2.24) is 10.3 Å². The molecule has 6 nitrogen and oxygen atoms in total. The van der Waals surface area contributed by atoms with Crippen molar-refractivity contribution in [3.05, 3.63) is 175 Å². The zero-order chi connectivity index (χ0) is 34.2. The Morgan fingerprint density at radius 2 is 1.19 bits per heavy atom. The molecule has 0 saturated carbocycles. The number of hydrogen-bond acceptors (Lipinski definition) is 6. The first-order chi connectivity index (χ1) is 25.8. The third-order valence-electron chi connectivity index (χ3n) is 10.2. The lowest BCUT2D eigenvalue weighted by Gasteiger charge is -2.25. The van der Waals surface area contributed by atoms with E-state index >= 15 is 0 Å². The van der Waals surface area contributed by atoms with Crippen LogP contribution in [0, 0.1) is 0 Å². The lowest BCUT2D eigenvalue weighted by atomic mass is 9.92. The number of pyridine rings is 1. The van der Waals surface area contributed by atoms with Gasteiger partial charge >= 0.3 is 0 Å². The van der Waals surface area contributed by atoms with Crippen LogP contribution in [-0.2, 0) is 0 Å². The van der Waals surface area contributed by atoms with Crippen LogP contribution in [0.2, 0.25) is 0 Å². The fourth-order valence-corrected chi connectivity index (χ4v) is 7.86. The molecule has 0 spiro atoms. The van der Waals surface area contributed by atoms with E-state index in [-0.39, 0.29) is 0 Å². The molecule has 11 rings (SSSR count). The molecule has 52 heavy (non-hydrogen) atoms. The number of amidine groups is 2. The van der Waals surface area contributed by atoms with Gasteiger partial charge in [0, 0.05) is 55.9 Å². The van der Waals surface area contributed by atoms with Crippen molar-refractivity contribution in [2.75, 3.05) is 0 Å². The number of hydrogen-bond donors (Lipinski definition) is 1. The lowest BCUT2D eigenvalue weighted by Crippen LogP contribution is -2.33. The van der Waals surface area contributed by atoms with Crippen LogP contribution in [0.15, 0.2) is 177 Å². The van der Waals surface area contributed by atoms with Crippen molar-refractivity contribution in [3.63, 3.8) is 0 Å². The molecule has 0 radical (unpaired) electrons. The summed E-state index contributed by atoms with van der Waals surface area (Å²) in [6.45, 7) is 0. The third kappa shape index (κ3) is 4.41. The van der Waals surface area contributed by atoms with Gasteiger partial charge in [-0.05, 0) is 52.2 Å². The molecule has 3 aromatic heterocycles. The number of rotatable bonds is 4. The Hall–Kier alpha value is -7.05. The average molecular weight is 669 g/mol. The lowest BCUT2D eigenvalue weighted by molar-refractivity contribution is 0.668. The molecule has 244 valence electrons. The van der Waals surface area contributed by atoms with E-state index in [0.29, 0.717) is 5.84 Å². The summed E-state index contributed by atoms with van der Waals surface area (Å²) in [6, 6.07) is 52.2. The highest BCUT2D eigenvalue weighted by molar-refractivity contribution is 6.22. The van der Waals surface area contributed by atoms with E-state index in [4.69, 9.17) is 18.8 Å². The zero-order valence-electron chi connectivity index (χ0n) is 27.7. The largest absolute Gasteiger partial charge is 0.456 e. The maximum atomic E-state index is 6.43. The predicted octanol–water partition coefficient (Wildman–Crippen LogP) is 11.3. The summed E-state index contributed by atoms with van der Waals surface area (Å²) in [5.74, 6) is 1.43. The molecule has 1 N–H and O–H groups in total. The maximum Gasteiger partial charge on any atom is 0.160 e. The van der Waals surface area contributed by atoms with E-state index in [1.165, 1.54) is 0 Å². The van der Waals surface area contributed by atoms with Gasteiger partial charge in [0.25, 0.3) is 0 Å². The smallest absolute Gasteiger partial charge is 0.160 e. The van der Waals surface area contributed by atoms with Crippen molar-refractivity contribution in [2.45, 2.75) is 6.17 Å². The standard InChI is InChI=1S/C46H28N4O2/c1-2-11-27(12-3-1)44-48-45(50-46(49-44)35-20-9-23-40-43(35)34-14-4-5-21-38(34)51-40)33-19-7-15-29-30(16-6-17-31(29)33)32-18-8-22-39-42(32)36-25-28-13-10-24-47-37(28)26-41(36)52-39/h1-26,45H,(H,48,49,50). The molecule has 7 aromatic carbocycles. The number of aliphatic imine (C=N–C) groups is 2. The number of benzene rings is 7. The number of fused-ring (bicyclic) bond motifs is 8. The maximum absolute atomic E-state index is 6.43. The van der Waals surface area contributed by atoms with Crippen molar-refractivity contribution < 1.29 is 8.83 Å². The van der Waals surface area contributed by atoms with Gasteiger partial charge in [0.2, 0.25) is 0 Å². The average Bonchev–Trinajstić information content (AvgIpc) is 3.77. The Morgan fingerprint density at radius 3 is 2.10 bits per heavy atom. The third-order valence-corrected chi connectivity index (χ3v) is 10.2. The number of furan rings is 2. The van der Waals surface area contributed by atoms with Gasteiger partial charge in [0.1, 0.15) is 34.3 Å². The van der Waals surface area contributed by atoms with E-state index in [9.17, 15) is 0 Å². The number of aromatic nitrogens is 1. The topological polar surface area (TPSA) is 75.9 Å².